The second kappa shape index (κ2) is 9.75. The fourth-order valence-corrected chi connectivity index (χ4v) is 3.11. The van der Waals surface area contributed by atoms with Crippen LogP contribution in [0.1, 0.15) is 11.1 Å². The number of carbonyl (C=O) groups is 2. The van der Waals surface area contributed by atoms with E-state index in [4.69, 9.17) is 14.6 Å². The molecule has 0 bridgehead atoms. The number of carboxylic acid groups (broad SMARTS) is 1. The SMILES string of the molecule is COc1cc(/C=C(/C#N)C(=O)Nc2cccc(C)c2)cc(I)c1OCC(=O)O. The summed E-state index contributed by atoms with van der Waals surface area (Å²) in [6.07, 6.45) is 1.43. The molecule has 28 heavy (non-hydrogen) atoms. The van der Waals surface area contributed by atoms with E-state index in [1.54, 1.807) is 24.3 Å². The molecule has 0 radical (unpaired) electrons. The topological polar surface area (TPSA) is 109 Å². The number of anilines is 1. The lowest BCUT2D eigenvalue weighted by Crippen LogP contribution is -2.13. The number of nitriles is 1. The Labute approximate surface area is 175 Å². The van der Waals surface area contributed by atoms with E-state index >= 15 is 0 Å². The van der Waals surface area contributed by atoms with E-state index in [0.29, 0.717) is 20.6 Å². The van der Waals surface area contributed by atoms with Crippen molar-refractivity contribution in [1.82, 2.24) is 0 Å². The highest BCUT2D eigenvalue weighted by molar-refractivity contribution is 14.1. The van der Waals surface area contributed by atoms with Crippen LogP contribution < -0.4 is 14.8 Å². The van der Waals surface area contributed by atoms with Gasteiger partial charge in [0.05, 0.1) is 10.7 Å². The minimum atomic E-state index is -1.11. The first-order valence-electron chi connectivity index (χ1n) is 8.06. The molecule has 0 spiro atoms. The number of aryl methyl sites for hydroxylation is 1. The fourth-order valence-electron chi connectivity index (χ4n) is 2.33. The molecular formula is C20H17IN2O5. The van der Waals surface area contributed by atoms with Gasteiger partial charge in [0.2, 0.25) is 0 Å². The molecule has 7 nitrogen and oxygen atoms in total. The molecule has 0 aliphatic heterocycles. The molecule has 0 aromatic heterocycles. The van der Waals surface area contributed by atoms with Gasteiger partial charge in [0, 0.05) is 5.69 Å². The Bertz CT molecular complexity index is 979. The number of benzene rings is 2. The van der Waals surface area contributed by atoms with Gasteiger partial charge in [-0.05, 0) is 71.0 Å². The van der Waals surface area contributed by atoms with E-state index < -0.39 is 18.5 Å². The monoisotopic (exact) mass is 492 g/mol. The minimum Gasteiger partial charge on any atom is -0.493 e. The van der Waals surface area contributed by atoms with Crippen molar-refractivity contribution in [3.63, 3.8) is 0 Å². The standard InChI is InChI=1S/C20H17IN2O5/c1-12-4-3-5-15(6-12)23-20(26)14(10-22)7-13-8-16(21)19(17(9-13)27-2)28-11-18(24)25/h3-9H,11H2,1-2H3,(H,23,26)(H,24,25)/b14-7-. The summed E-state index contributed by atoms with van der Waals surface area (Å²) in [5, 5.41) is 20.8. The summed E-state index contributed by atoms with van der Waals surface area (Å²) in [4.78, 5) is 23.1. The molecule has 2 rings (SSSR count). The van der Waals surface area contributed by atoms with Crippen LogP contribution in [0.25, 0.3) is 6.08 Å². The third-order valence-corrected chi connectivity index (χ3v) is 4.35. The van der Waals surface area contributed by atoms with Crippen molar-refractivity contribution in [3.8, 4) is 17.6 Å². The summed E-state index contributed by atoms with van der Waals surface area (Å²) in [6, 6.07) is 12.4. The van der Waals surface area contributed by atoms with Crippen LogP contribution >= 0.6 is 22.6 Å². The van der Waals surface area contributed by atoms with Crippen molar-refractivity contribution in [1.29, 1.82) is 5.26 Å². The van der Waals surface area contributed by atoms with Crippen molar-refractivity contribution in [3.05, 3.63) is 56.7 Å². The van der Waals surface area contributed by atoms with E-state index in [0.717, 1.165) is 5.56 Å². The van der Waals surface area contributed by atoms with Crippen molar-refractivity contribution in [2.45, 2.75) is 6.92 Å². The third kappa shape index (κ3) is 5.72. The van der Waals surface area contributed by atoms with Crippen LogP contribution in [0, 0.1) is 21.8 Å². The first-order valence-corrected chi connectivity index (χ1v) is 9.14. The number of carboxylic acids is 1. The number of hydrogen-bond donors (Lipinski definition) is 2. The third-order valence-electron chi connectivity index (χ3n) is 3.54. The summed E-state index contributed by atoms with van der Waals surface area (Å²) in [5.41, 5.74) is 2.03. The Balaban J connectivity index is 2.30. The Kier molecular flexibility index (Phi) is 7.40. The molecule has 1 amide bonds. The zero-order chi connectivity index (χ0) is 20.7. The van der Waals surface area contributed by atoms with E-state index in [2.05, 4.69) is 5.32 Å². The molecular weight excluding hydrogens is 475 g/mol. The molecule has 2 N–H and O–H groups in total. The minimum absolute atomic E-state index is 0.0847. The average Bonchev–Trinajstić information content (AvgIpc) is 2.64. The number of halogens is 1. The van der Waals surface area contributed by atoms with E-state index in [-0.39, 0.29) is 11.3 Å². The summed E-state index contributed by atoms with van der Waals surface area (Å²) >= 11 is 1.97. The zero-order valence-electron chi connectivity index (χ0n) is 15.2. The predicted octanol–water partition coefficient (Wildman–Crippen LogP) is 3.62. The molecule has 144 valence electrons. The fraction of sp³-hybridized carbons (Fsp3) is 0.150. The molecule has 0 aliphatic rings. The summed E-state index contributed by atoms with van der Waals surface area (Å²) in [5.74, 6) is -1.06. The quantitative estimate of drug-likeness (QED) is 0.347. The Morgan fingerprint density at radius 2 is 2.07 bits per heavy atom. The largest absolute Gasteiger partial charge is 0.493 e. The van der Waals surface area contributed by atoms with Crippen LogP contribution in [0.4, 0.5) is 5.69 Å². The van der Waals surface area contributed by atoms with Gasteiger partial charge < -0.3 is 19.9 Å². The van der Waals surface area contributed by atoms with Gasteiger partial charge in [-0.1, -0.05) is 12.1 Å². The molecule has 0 aliphatic carbocycles. The van der Waals surface area contributed by atoms with Crippen LogP contribution in [-0.4, -0.2) is 30.7 Å². The Morgan fingerprint density at radius 1 is 1.32 bits per heavy atom. The maximum Gasteiger partial charge on any atom is 0.341 e. The van der Waals surface area contributed by atoms with Crippen molar-refractivity contribution in [2.24, 2.45) is 0 Å². The lowest BCUT2D eigenvalue weighted by Gasteiger charge is -2.12. The van der Waals surface area contributed by atoms with Gasteiger partial charge in [-0.25, -0.2) is 4.79 Å². The van der Waals surface area contributed by atoms with Crippen molar-refractivity contribution in [2.75, 3.05) is 19.0 Å². The number of hydrogen-bond acceptors (Lipinski definition) is 5. The number of methoxy groups -OCH3 is 1. The van der Waals surface area contributed by atoms with E-state index in [1.165, 1.54) is 13.2 Å². The summed E-state index contributed by atoms with van der Waals surface area (Å²) < 4.78 is 11.1. The molecule has 0 fully saturated rings. The molecule has 0 heterocycles. The highest BCUT2D eigenvalue weighted by Gasteiger charge is 2.15. The predicted molar refractivity (Wildman–Crippen MR) is 112 cm³/mol. The van der Waals surface area contributed by atoms with Crippen molar-refractivity contribution >= 4 is 46.2 Å². The molecule has 0 saturated carbocycles. The molecule has 0 atom stereocenters. The first kappa shape index (κ1) is 21.2. The van der Waals surface area contributed by atoms with Crippen LogP contribution in [-0.2, 0) is 9.59 Å². The molecule has 0 unspecified atom stereocenters. The van der Waals surface area contributed by atoms with Crippen LogP contribution in [0.3, 0.4) is 0 Å². The van der Waals surface area contributed by atoms with Gasteiger partial charge >= 0.3 is 5.97 Å². The van der Waals surface area contributed by atoms with Gasteiger partial charge in [-0.15, -0.1) is 0 Å². The zero-order valence-corrected chi connectivity index (χ0v) is 17.3. The smallest absolute Gasteiger partial charge is 0.341 e. The number of nitrogens with zero attached hydrogens (tertiary/aromatic N) is 1. The number of nitrogens with one attached hydrogen (secondary N) is 1. The molecule has 2 aromatic rings. The number of carbonyl (C=O) groups excluding carboxylic acids is 1. The van der Waals surface area contributed by atoms with Gasteiger partial charge in [0.1, 0.15) is 11.6 Å². The normalized spacial score (nSPS) is 10.7. The maximum atomic E-state index is 12.4. The highest BCUT2D eigenvalue weighted by atomic mass is 127. The van der Waals surface area contributed by atoms with Crippen LogP contribution in [0.2, 0.25) is 0 Å². The Morgan fingerprint density at radius 3 is 2.68 bits per heavy atom. The second-order valence-electron chi connectivity index (χ2n) is 5.71. The first-order chi connectivity index (χ1) is 13.3. The summed E-state index contributed by atoms with van der Waals surface area (Å²) in [7, 11) is 1.42. The van der Waals surface area contributed by atoms with Crippen LogP contribution in [0.15, 0.2) is 42.0 Å². The van der Waals surface area contributed by atoms with E-state index in [9.17, 15) is 14.9 Å². The molecule has 0 saturated heterocycles. The Hall–Kier alpha value is -3.06. The average molecular weight is 492 g/mol. The lowest BCUT2D eigenvalue weighted by atomic mass is 10.1. The number of ether oxygens (including phenoxy) is 2. The molecule has 2 aromatic carbocycles. The summed E-state index contributed by atoms with van der Waals surface area (Å²) in [6.45, 7) is 1.39. The van der Waals surface area contributed by atoms with E-state index in [1.807, 2.05) is 47.7 Å². The number of aliphatic carboxylic acids is 1. The maximum absolute atomic E-state index is 12.4. The number of rotatable bonds is 7. The number of amides is 1. The lowest BCUT2D eigenvalue weighted by molar-refractivity contribution is -0.139. The van der Waals surface area contributed by atoms with Crippen LogP contribution in [0.5, 0.6) is 11.5 Å². The van der Waals surface area contributed by atoms with Gasteiger partial charge in [0.15, 0.2) is 18.1 Å². The van der Waals surface area contributed by atoms with Gasteiger partial charge in [-0.2, -0.15) is 5.26 Å². The second-order valence-corrected chi connectivity index (χ2v) is 6.87. The van der Waals surface area contributed by atoms with Crippen molar-refractivity contribution < 1.29 is 24.2 Å². The van der Waals surface area contributed by atoms with Gasteiger partial charge in [0.25, 0.3) is 5.91 Å². The molecule has 8 heteroatoms. The van der Waals surface area contributed by atoms with Gasteiger partial charge in [-0.3, -0.25) is 4.79 Å². The highest BCUT2D eigenvalue weighted by Crippen LogP contribution is 2.34.